The van der Waals surface area contributed by atoms with Crippen LogP contribution in [-0.4, -0.2) is 41.4 Å². The van der Waals surface area contributed by atoms with E-state index in [1.807, 2.05) is 0 Å². The zero-order chi connectivity index (χ0) is 9.76. The monoisotopic (exact) mass is 192 g/mol. The molecule has 2 saturated heterocycles. The van der Waals surface area contributed by atoms with Gasteiger partial charge < -0.3 is 14.6 Å². The Bertz CT molecular complexity index is 385. The third-order valence-corrected chi connectivity index (χ3v) is 2.53. The molecule has 0 amide bonds. The molecular formula is C10H8O4. The molecular weight excluding hydrogens is 184 g/mol. The summed E-state index contributed by atoms with van der Waals surface area (Å²) in [7, 11) is 0. The molecule has 3 aliphatic rings. The summed E-state index contributed by atoms with van der Waals surface area (Å²) in [6.07, 6.45) is 1.52. The lowest BCUT2D eigenvalue weighted by Gasteiger charge is -2.08. The van der Waals surface area contributed by atoms with Crippen molar-refractivity contribution in [2.24, 2.45) is 0 Å². The molecule has 0 saturated carbocycles. The predicted octanol–water partition coefficient (Wildman–Crippen LogP) is -0.974. The minimum absolute atomic E-state index is 0.0509. The van der Waals surface area contributed by atoms with Crippen molar-refractivity contribution in [3.05, 3.63) is 12.2 Å². The van der Waals surface area contributed by atoms with Gasteiger partial charge in [0, 0.05) is 0 Å². The molecule has 4 atom stereocenters. The summed E-state index contributed by atoms with van der Waals surface area (Å²) in [5, 5.41) is 9.42. The van der Waals surface area contributed by atoms with Gasteiger partial charge >= 0.3 is 0 Å². The van der Waals surface area contributed by atoms with Gasteiger partial charge in [-0.2, -0.15) is 0 Å². The van der Waals surface area contributed by atoms with E-state index in [0.29, 0.717) is 6.61 Å². The van der Waals surface area contributed by atoms with Crippen LogP contribution in [0, 0.1) is 11.8 Å². The van der Waals surface area contributed by atoms with Crippen molar-refractivity contribution in [2.75, 3.05) is 6.61 Å². The Morgan fingerprint density at radius 1 is 1.64 bits per heavy atom. The van der Waals surface area contributed by atoms with Crippen LogP contribution in [0.3, 0.4) is 0 Å². The Labute approximate surface area is 80.5 Å². The van der Waals surface area contributed by atoms with Gasteiger partial charge in [-0.1, -0.05) is 11.8 Å². The lowest BCUT2D eigenvalue weighted by Crippen LogP contribution is -2.33. The van der Waals surface area contributed by atoms with Gasteiger partial charge in [0.25, 0.3) is 0 Å². The van der Waals surface area contributed by atoms with Crippen LogP contribution in [0.4, 0.5) is 0 Å². The van der Waals surface area contributed by atoms with Crippen molar-refractivity contribution in [3.63, 3.8) is 0 Å². The summed E-state index contributed by atoms with van der Waals surface area (Å²) >= 11 is 0. The van der Waals surface area contributed by atoms with E-state index in [1.54, 1.807) is 0 Å². The fraction of sp³-hybridized carbons (Fsp3) is 0.500. The highest BCUT2D eigenvalue weighted by molar-refractivity contribution is 6.04. The largest absolute Gasteiger partial charge is 0.386 e. The van der Waals surface area contributed by atoms with Crippen LogP contribution in [-0.2, 0) is 14.3 Å². The molecule has 14 heavy (non-hydrogen) atoms. The Hall–Kier alpha value is -1.15. The number of epoxide rings is 2. The molecule has 0 aromatic carbocycles. The number of hydrogen-bond donors (Lipinski definition) is 1. The summed E-state index contributed by atoms with van der Waals surface area (Å²) < 4.78 is 10.1. The SMILES string of the molecule is O=C1C=C[C@H](O)[C@H]2O[C@@]12C#C[C@H]1CO1. The van der Waals surface area contributed by atoms with Crippen LogP contribution in [0.15, 0.2) is 12.2 Å². The fourth-order valence-corrected chi connectivity index (χ4v) is 1.57. The van der Waals surface area contributed by atoms with Crippen LogP contribution in [0.5, 0.6) is 0 Å². The molecule has 2 fully saturated rings. The molecule has 1 N–H and O–H groups in total. The highest BCUT2D eigenvalue weighted by Gasteiger charge is 2.65. The molecule has 2 heterocycles. The van der Waals surface area contributed by atoms with Crippen LogP contribution >= 0.6 is 0 Å². The highest BCUT2D eigenvalue weighted by Crippen LogP contribution is 2.42. The fourth-order valence-electron chi connectivity index (χ4n) is 1.57. The van der Waals surface area contributed by atoms with E-state index in [-0.39, 0.29) is 11.9 Å². The molecule has 0 bridgehead atoms. The number of aliphatic hydroxyl groups excluding tert-OH is 1. The summed E-state index contributed by atoms with van der Waals surface area (Å²) in [6, 6.07) is 0. The lowest BCUT2D eigenvalue weighted by molar-refractivity contribution is -0.117. The summed E-state index contributed by atoms with van der Waals surface area (Å²) in [6.45, 7) is 0.625. The molecule has 0 aromatic heterocycles. The first-order chi connectivity index (χ1) is 6.72. The van der Waals surface area contributed by atoms with Gasteiger partial charge in [-0.3, -0.25) is 4.79 Å². The number of rotatable bonds is 0. The van der Waals surface area contributed by atoms with Crippen LogP contribution in [0.2, 0.25) is 0 Å². The molecule has 4 nitrogen and oxygen atoms in total. The molecule has 0 radical (unpaired) electrons. The number of carbonyl (C=O) groups excluding carboxylic acids is 1. The number of hydrogen-bond acceptors (Lipinski definition) is 4. The maximum absolute atomic E-state index is 11.5. The first-order valence-electron chi connectivity index (χ1n) is 4.45. The highest BCUT2D eigenvalue weighted by atomic mass is 16.6. The first kappa shape index (κ1) is 8.18. The van der Waals surface area contributed by atoms with E-state index in [4.69, 9.17) is 9.47 Å². The molecule has 4 heteroatoms. The van der Waals surface area contributed by atoms with Crippen molar-refractivity contribution < 1.29 is 19.4 Å². The van der Waals surface area contributed by atoms with E-state index in [9.17, 15) is 9.90 Å². The predicted molar refractivity (Wildman–Crippen MR) is 45.3 cm³/mol. The summed E-state index contributed by atoms with van der Waals surface area (Å²) in [5.74, 6) is 5.37. The second kappa shape index (κ2) is 2.45. The third-order valence-electron chi connectivity index (χ3n) is 2.53. The number of ketones is 1. The molecule has 0 aromatic rings. The van der Waals surface area contributed by atoms with E-state index in [2.05, 4.69) is 11.8 Å². The van der Waals surface area contributed by atoms with Crippen molar-refractivity contribution in [1.82, 2.24) is 0 Å². The minimum Gasteiger partial charge on any atom is -0.386 e. The molecule has 72 valence electrons. The number of fused-ring (bicyclic) bond motifs is 1. The first-order valence-corrected chi connectivity index (χ1v) is 4.45. The zero-order valence-electron chi connectivity index (χ0n) is 7.27. The maximum atomic E-state index is 11.5. The van der Waals surface area contributed by atoms with Crippen molar-refractivity contribution in [2.45, 2.75) is 23.9 Å². The van der Waals surface area contributed by atoms with E-state index in [1.165, 1.54) is 12.2 Å². The molecule has 3 rings (SSSR count). The summed E-state index contributed by atoms with van der Waals surface area (Å²) in [5.41, 5.74) is -1.07. The van der Waals surface area contributed by atoms with Gasteiger partial charge in [0.2, 0.25) is 11.4 Å². The average Bonchev–Trinajstić information content (AvgIpc) is 2.98. The summed E-state index contributed by atoms with van der Waals surface area (Å²) in [4.78, 5) is 11.5. The van der Waals surface area contributed by atoms with Crippen molar-refractivity contribution in [1.29, 1.82) is 0 Å². The van der Waals surface area contributed by atoms with Gasteiger partial charge in [0.05, 0.1) is 6.61 Å². The Kier molecular flexibility index (Phi) is 1.43. The number of carbonyl (C=O) groups is 1. The second-order valence-electron chi connectivity index (χ2n) is 3.58. The molecule has 0 spiro atoms. The second-order valence-corrected chi connectivity index (χ2v) is 3.58. The smallest absolute Gasteiger partial charge is 0.220 e. The lowest BCUT2D eigenvalue weighted by atomic mass is 9.91. The third kappa shape index (κ3) is 1.04. The van der Waals surface area contributed by atoms with E-state index >= 15 is 0 Å². The van der Waals surface area contributed by atoms with Gasteiger partial charge in [-0.05, 0) is 12.2 Å². The zero-order valence-corrected chi connectivity index (χ0v) is 7.27. The average molecular weight is 192 g/mol. The van der Waals surface area contributed by atoms with Crippen molar-refractivity contribution in [3.8, 4) is 11.8 Å². The Morgan fingerprint density at radius 2 is 2.43 bits per heavy atom. The van der Waals surface area contributed by atoms with Gasteiger partial charge in [-0.25, -0.2) is 0 Å². The normalized spacial score (nSPS) is 47.8. The standard InChI is InChI=1S/C10H8O4/c11-7-1-2-8(12)10(9(7)14-10)4-3-6-5-13-6/h1-2,6-7,9,11H,5H2/t6-,7-,9+,10-/m0/s1. The number of ether oxygens (including phenoxy) is 2. The number of aliphatic hydroxyl groups is 1. The maximum Gasteiger partial charge on any atom is 0.220 e. The van der Waals surface area contributed by atoms with E-state index < -0.39 is 17.8 Å². The Morgan fingerprint density at radius 3 is 3.14 bits per heavy atom. The quantitative estimate of drug-likeness (QED) is 0.396. The van der Waals surface area contributed by atoms with Crippen LogP contribution < -0.4 is 0 Å². The molecule has 2 aliphatic heterocycles. The van der Waals surface area contributed by atoms with Gasteiger partial charge in [-0.15, -0.1) is 0 Å². The van der Waals surface area contributed by atoms with Crippen LogP contribution in [0.25, 0.3) is 0 Å². The van der Waals surface area contributed by atoms with Crippen molar-refractivity contribution >= 4 is 5.78 Å². The molecule has 1 aliphatic carbocycles. The van der Waals surface area contributed by atoms with E-state index in [0.717, 1.165) is 0 Å². The topological polar surface area (TPSA) is 62.4 Å². The minimum atomic E-state index is -1.07. The molecule has 0 unspecified atom stereocenters. The Balaban J connectivity index is 1.88. The van der Waals surface area contributed by atoms with Gasteiger partial charge in [0.15, 0.2) is 0 Å². The van der Waals surface area contributed by atoms with Gasteiger partial charge in [0.1, 0.15) is 18.3 Å². The van der Waals surface area contributed by atoms with Crippen LogP contribution in [0.1, 0.15) is 0 Å².